The number of halogens is 1. The van der Waals surface area contributed by atoms with Crippen LogP contribution in [0.25, 0.3) is 0 Å². The summed E-state index contributed by atoms with van der Waals surface area (Å²) in [7, 11) is 0. The molecule has 6 nitrogen and oxygen atoms in total. The van der Waals surface area contributed by atoms with Crippen molar-refractivity contribution in [2.75, 3.05) is 13.1 Å². The minimum atomic E-state index is -1.69. The van der Waals surface area contributed by atoms with Crippen LogP contribution >= 0.6 is 0 Å². The van der Waals surface area contributed by atoms with Gasteiger partial charge in [0, 0.05) is 32.1 Å². The molecule has 0 bridgehead atoms. The third kappa shape index (κ3) is 4.04. The van der Waals surface area contributed by atoms with E-state index < -0.39 is 29.0 Å². The number of carbonyl (C=O) groups is 2. The van der Waals surface area contributed by atoms with Gasteiger partial charge in [-0.1, -0.05) is 0 Å². The summed E-state index contributed by atoms with van der Waals surface area (Å²) in [5, 5.41) is 10.5. The second-order valence-electron chi connectivity index (χ2n) is 6.67. The smallest absolute Gasteiger partial charge is 0.410 e. The number of aromatic nitrogens is 1. The number of ether oxygens (including phenoxy) is 1. The fourth-order valence-electron chi connectivity index (χ4n) is 2.42. The molecule has 1 amide bonds. The van der Waals surface area contributed by atoms with Crippen molar-refractivity contribution < 1.29 is 23.8 Å². The molecule has 0 radical (unpaired) electrons. The predicted molar refractivity (Wildman–Crippen MR) is 80.5 cm³/mol. The van der Waals surface area contributed by atoms with Crippen molar-refractivity contribution in [3.8, 4) is 0 Å². The van der Waals surface area contributed by atoms with Crippen LogP contribution in [-0.4, -0.2) is 51.2 Å². The Balaban J connectivity index is 2.04. The lowest BCUT2D eigenvalue weighted by molar-refractivity contribution is -0.0201. The van der Waals surface area contributed by atoms with Crippen LogP contribution in [0.3, 0.4) is 0 Å². The number of piperidine rings is 1. The van der Waals surface area contributed by atoms with Gasteiger partial charge in [0.1, 0.15) is 11.2 Å². The van der Waals surface area contributed by atoms with E-state index in [4.69, 9.17) is 4.74 Å². The third-order valence-electron chi connectivity index (χ3n) is 3.67. The quantitative estimate of drug-likeness (QED) is 0.666. The van der Waals surface area contributed by atoms with E-state index in [2.05, 4.69) is 4.98 Å². The summed E-state index contributed by atoms with van der Waals surface area (Å²) in [6.45, 7) is 5.62. The number of carbonyl (C=O) groups excluding carboxylic acids is 2. The minimum absolute atomic E-state index is 0.0272. The van der Waals surface area contributed by atoms with Gasteiger partial charge in [-0.15, -0.1) is 0 Å². The average molecular weight is 324 g/mol. The fraction of sp³-hybridized carbons (Fsp3) is 0.562. The molecular formula is C16H21FN2O4. The molecule has 0 atom stereocenters. The molecule has 2 rings (SSSR count). The predicted octanol–water partition coefficient (Wildman–Crippen LogP) is 2.17. The number of nitrogens with zero attached hydrogens (tertiary/aromatic N) is 2. The SMILES string of the molecule is CC(C)(C)OC(=O)N1CCC(O)(C(=O)c2cccnc2F)CC1. The van der Waals surface area contributed by atoms with Crippen LogP contribution in [-0.2, 0) is 4.74 Å². The fourth-order valence-corrected chi connectivity index (χ4v) is 2.42. The van der Waals surface area contributed by atoms with Crippen LogP contribution in [0.2, 0.25) is 0 Å². The lowest BCUT2D eigenvalue weighted by Gasteiger charge is -2.37. The van der Waals surface area contributed by atoms with Crippen molar-refractivity contribution in [3.63, 3.8) is 0 Å². The second kappa shape index (κ2) is 6.23. The molecule has 0 spiro atoms. The monoisotopic (exact) mass is 324 g/mol. The Morgan fingerprint density at radius 1 is 1.35 bits per heavy atom. The van der Waals surface area contributed by atoms with Crippen LogP contribution in [0, 0.1) is 5.95 Å². The van der Waals surface area contributed by atoms with Crippen molar-refractivity contribution in [3.05, 3.63) is 29.8 Å². The summed E-state index contributed by atoms with van der Waals surface area (Å²) in [6.07, 6.45) is 0.805. The van der Waals surface area contributed by atoms with Gasteiger partial charge in [-0.05, 0) is 32.9 Å². The summed E-state index contributed by atoms with van der Waals surface area (Å²) in [5.74, 6) is -1.60. The molecular weight excluding hydrogens is 303 g/mol. The van der Waals surface area contributed by atoms with Crippen LogP contribution in [0.15, 0.2) is 18.3 Å². The van der Waals surface area contributed by atoms with E-state index in [0.29, 0.717) is 0 Å². The molecule has 7 heteroatoms. The van der Waals surface area contributed by atoms with E-state index in [0.717, 1.165) is 0 Å². The number of amides is 1. The van der Waals surface area contributed by atoms with Gasteiger partial charge in [-0.3, -0.25) is 4.79 Å². The molecule has 2 heterocycles. The molecule has 0 unspecified atom stereocenters. The van der Waals surface area contributed by atoms with Gasteiger partial charge in [0.25, 0.3) is 0 Å². The van der Waals surface area contributed by atoms with E-state index >= 15 is 0 Å². The molecule has 23 heavy (non-hydrogen) atoms. The lowest BCUT2D eigenvalue weighted by atomic mass is 9.84. The van der Waals surface area contributed by atoms with Crippen LogP contribution in [0.5, 0.6) is 0 Å². The van der Waals surface area contributed by atoms with Gasteiger partial charge >= 0.3 is 6.09 Å². The molecule has 1 aliphatic heterocycles. The minimum Gasteiger partial charge on any atom is -0.444 e. The van der Waals surface area contributed by atoms with Crippen molar-refractivity contribution in [2.45, 2.75) is 44.8 Å². The summed E-state index contributed by atoms with van der Waals surface area (Å²) >= 11 is 0. The Labute approximate surface area is 134 Å². The van der Waals surface area contributed by atoms with Crippen molar-refractivity contribution >= 4 is 11.9 Å². The van der Waals surface area contributed by atoms with Crippen LogP contribution in [0.1, 0.15) is 44.0 Å². The van der Waals surface area contributed by atoms with Crippen molar-refractivity contribution in [1.82, 2.24) is 9.88 Å². The molecule has 1 N–H and O–H groups in total. The molecule has 1 saturated heterocycles. The van der Waals surface area contributed by atoms with Gasteiger partial charge in [-0.25, -0.2) is 9.78 Å². The number of pyridine rings is 1. The number of hydrogen-bond acceptors (Lipinski definition) is 5. The Morgan fingerprint density at radius 3 is 2.48 bits per heavy atom. The normalized spacial score (nSPS) is 17.7. The lowest BCUT2D eigenvalue weighted by Crippen LogP contribution is -2.51. The molecule has 0 saturated carbocycles. The highest BCUT2D eigenvalue weighted by Crippen LogP contribution is 2.28. The molecule has 0 aromatic carbocycles. The zero-order valence-electron chi connectivity index (χ0n) is 13.5. The van der Waals surface area contributed by atoms with Crippen LogP contribution in [0.4, 0.5) is 9.18 Å². The number of aliphatic hydroxyl groups is 1. The van der Waals surface area contributed by atoms with Crippen molar-refractivity contribution in [2.24, 2.45) is 0 Å². The molecule has 0 aliphatic carbocycles. The largest absolute Gasteiger partial charge is 0.444 e. The summed E-state index contributed by atoms with van der Waals surface area (Å²) in [5.41, 5.74) is -2.54. The first-order chi connectivity index (χ1) is 10.6. The highest BCUT2D eigenvalue weighted by atomic mass is 19.1. The number of likely N-dealkylation sites (tertiary alicyclic amines) is 1. The first-order valence-electron chi connectivity index (χ1n) is 7.48. The molecule has 1 aromatic rings. The van der Waals surface area contributed by atoms with E-state index in [1.807, 2.05) is 0 Å². The number of hydrogen-bond donors (Lipinski definition) is 1. The van der Waals surface area contributed by atoms with Gasteiger partial charge in [0.05, 0.1) is 5.56 Å². The Bertz CT molecular complexity index is 604. The highest BCUT2D eigenvalue weighted by molar-refractivity contribution is 6.02. The maximum absolute atomic E-state index is 13.6. The topological polar surface area (TPSA) is 79.7 Å². The zero-order valence-corrected chi connectivity index (χ0v) is 13.5. The summed E-state index contributed by atoms with van der Waals surface area (Å²) in [6, 6.07) is 2.73. The highest BCUT2D eigenvalue weighted by Gasteiger charge is 2.42. The van der Waals surface area contributed by atoms with Crippen LogP contribution < -0.4 is 0 Å². The molecule has 1 aliphatic rings. The maximum atomic E-state index is 13.6. The third-order valence-corrected chi connectivity index (χ3v) is 3.67. The number of rotatable bonds is 2. The van der Waals surface area contributed by atoms with E-state index in [1.54, 1.807) is 20.8 Å². The van der Waals surface area contributed by atoms with Crippen molar-refractivity contribution in [1.29, 1.82) is 0 Å². The Kier molecular flexibility index (Phi) is 4.70. The van der Waals surface area contributed by atoms with E-state index in [9.17, 15) is 19.1 Å². The molecule has 126 valence electrons. The number of ketones is 1. The van der Waals surface area contributed by atoms with Gasteiger partial charge < -0.3 is 14.7 Å². The average Bonchev–Trinajstić information content (AvgIpc) is 2.46. The first kappa shape index (κ1) is 17.3. The van der Waals surface area contributed by atoms with Gasteiger partial charge in [0.2, 0.25) is 5.95 Å². The molecule has 1 fully saturated rings. The molecule has 1 aromatic heterocycles. The first-order valence-corrected chi connectivity index (χ1v) is 7.48. The van der Waals surface area contributed by atoms with E-state index in [1.165, 1.54) is 23.2 Å². The van der Waals surface area contributed by atoms with Gasteiger partial charge in [0.15, 0.2) is 5.78 Å². The summed E-state index contributed by atoms with van der Waals surface area (Å²) < 4.78 is 18.9. The maximum Gasteiger partial charge on any atom is 0.410 e. The summed E-state index contributed by atoms with van der Waals surface area (Å²) in [4.78, 5) is 29.2. The standard InChI is InChI=1S/C16H21FN2O4/c1-15(2,3)23-14(21)19-9-6-16(22,7-10-19)12(20)11-5-4-8-18-13(11)17/h4-5,8,22H,6-7,9-10H2,1-3H3. The van der Waals surface area contributed by atoms with E-state index in [-0.39, 0.29) is 31.5 Å². The Hall–Kier alpha value is -2.02. The zero-order chi connectivity index (χ0) is 17.3. The number of Topliss-reactive ketones (excluding diaryl/α,β-unsaturated/α-hetero) is 1. The van der Waals surface area contributed by atoms with Gasteiger partial charge in [-0.2, -0.15) is 4.39 Å². The second-order valence-corrected chi connectivity index (χ2v) is 6.67. The Morgan fingerprint density at radius 2 is 1.96 bits per heavy atom.